The smallest absolute Gasteiger partial charge is 0.344 e. The molecule has 0 unspecified atom stereocenters. The molecule has 5 nitrogen and oxygen atoms in total. The third kappa shape index (κ3) is 4.72. The average molecular weight is 364 g/mol. The molecule has 0 saturated heterocycles. The number of halogens is 2. The summed E-state index contributed by atoms with van der Waals surface area (Å²) in [6, 6.07) is 12.9. The molecule has 0 N–H and O–H groups in total. The molecule has 0 spiro atoms. The minimum absolute atomic E-state index is 0.174. The van der Waals surface area contributed by atoms with Gasteiger partial charge in [-0.3, -0.25) is 4.79 Å². The molecule has 0 atom stereocenters. The summed E-state index contributed by atoms with van der Waals surface area (Å²) >= 11 is 11.7. The van der Waals surface area contributed by atoms with E-state index in [2.05, 4.69) is 0 Å². The lowest BCUT2D eigenvalue weighted by molar-refractivity contribution is -0.144. The van der Waals surface area contributed by atoms with E-state index in [1.807, 2.05) is 6.07 Å². The molecular weight excluding hydrogens is 353 g/mol. The van der Waals surface area contributed by atoms with Crippen molar-refractivity contribution in [3.63, 3.8) is 0 Å². The fraction of sp³-hybridized carbons (Fsp3) is 0.118. The Morgan fingerprint density at radius 1 is 1.08 bits per heavy atom. The third-order valence-electron chi connectivity index (χ3n) is 2.95. The molecule has 122 valence electrons. The summed E-state index contributed by atoms with van der Waals surface area (Å²) in [6.45, 7) is -0.905. The predicted octanol–water partition coefficient (Wildman–Crippen LogP) is 3.67. The largest absolute Gasteiger partial charge is 0.481 e. The van der Waals surface area contributed by atoms with Crippen molar-refractivity contribution in [3.8, 4) is 11.8 Å². The summed E-state index contributed by atoms with van der Waals surface area (Å²) in [4.78, 5) is 23.7. The molecule has 0 amide bonds. The molecule has 0 aliphatic rings. The second-order valence-electron chi connectivity index (χ2n) is 4.60. The van der Waals surface area contributed by atoms with E-state index in [1.165, 1.54) is 12.1 Å². The maximum Gasteiger partial charge on any atom is 0.344 e. The fourth-order valence-electron chi connectivity index (χ4n) is 1.80. The molecule has 0 fully saturated rings. The van der Waals surface area contributed by atoms with Crippen molar-refractivity contribution in [3.05, 3.63) is 63.6 Å². The number of ether oxygens (including phenoxy) is 2. The Bertz CT molecular complexity index is 814. The zero-order chi connectivity index (χ0) is 17.5. The van der Waals surface area contributed by atoms with E-state index in [9.17, 15) is 9.59 Å². The first kappa shape index (κ1) is 17.8. The van der Waals surface area contributed by atoms with Crippen molar-refractivity contribution in [2.45, 2.75) is 0 Å². The van der Waals surface area contributed by atoms with Crippen LogP contribution in [-0.4, -0.2) is 25.0 Å². The van der Waals surface area contributed by atoms with Gasteiger partial charge < -0.3 is 9.47 Å². The van der Waals surface area contributed by atoms with E-state index in [4.69, 9.17) is 37.9 Å². The first-order valence-corrected chi connectivity index (χ1v) is 7.52. The van der Waals surface area contributed by atoms with Gasteiger partial charge in [-0.1, -0.05) is 35.3 Å². The fourth-order valence-corrected chi connectivity index (χ4v) is 2.19. The number of para-hydroxylation sites is 1. The summed E-state index contributed by atoms with van der Waals surface area (Å²) in [6.07, 6.45) is 0. The number of rotatable bonds is 6. The van der Waals surface area contributed by atoms with Crippen molar-refractivity contribution < 1.29 is 19.1 Å². The number of ketones is 1. The molecule has 0 aliphatic carbocycles. The number of esters is 1. The number of carbonyl (C=O) groups excluding carboxylic acids is 2. The summed E-state index contributed by atoms with van der Waals surface area (Å²) in [7, 11) is 0. The molecule has 2 aromatic carbocycles. The second-order valence-corrected chi connectivity index (χ2v) is 5.45. The average Bonchev–Trinajstić information content (AvgIpc) is 2.60. The third-order valence-corrected chi connectivity index (χ3v) is 3.51. The Morgan fingerprint density at radius 2 is 1.83 bits per heavy atom. The number of nitrogens with zero attached hydrogens (tertiary/aromatic N) is 1. The molecule has 0 aromatic heterocycles. The van der Waals surface area contributed by atoms with Crippen LogP contribution in [-0.2, 0) is 9.53 Å². The van der Waals surface area contributed by atoms with E-state index < -0.39 is 25.0 Å². The lowest BCUT2D eigenvalue weighted by Crippen LogP contribution is -2.20. The monoisotopic (exact) mass is 363 g/mol. The van der Waals surface area contributed by atoms with Gasteiger partial charge in [-0.05, 0) is 30.3 Å². The van der Waals surface area contributed by atoms with Crippen LogP contribution in [0, 0.1) is 11.3 Å². The van der Waals surface area contributed by atoms with Crippen LogP contribution in [0.1, 0.15) is 15.9 Å². The van der Waals surface area contributed by atoms with E-state index in [0.717, 1.165) is 0 Å². The molecule has 2 rings (SSSR count). The Labute approximate surface area is 148 Å². The van der Waals surface area contributed by atoms with Crippen LogP contribution >= 0.6 is 23.2 Å². The van der Waals surface area contributed by atoms with Crippen molar-refractivity contribution in [2.24, 2.45) is 0 Å². The topological polar surface area (TPSA) is 76.4 Å². The van der Waals surface area contributed by atoms with Crippen LogP contribution in [0.4, 0.5) is 0 Å². The quantitative estimate of drug-likeness (QED) is 0.577. The predicted molar refractivity (Wildman–Crippen MR) is 88.4 cm³/mol. The van der Waals surface area contributed by atoms with Crippen LogP contribution in [0.5, 0.6) is 5.75 Å². The minimum Gasteiger partial charge on any atom is -0.481 e. The Kier molecular flexibility index (Phi) is 6.19. The van der Waals surface area contributed by atoms with Crippen molar-refractivity contribution in [1.82, 2.24) is 0 Å². The Balaban J connectivity index is 1.88. The number of hydrogen-bond donors (Lipinski definition) is 0. The SMILES string of the molecule is N#Cc1ccccc1OCC(=O)OCC(=O)c1cc(Cl)ccc1Cl. The normalized spacial score (nSPS) is 9.88. The molecular formula is C17H11Cl2NO4. The van der Waals surface area contributed by atoms with E-state index >= 15 is 0 Å². The maximum atomic E-state index is 12.0. The van der Waals surface area contributed by atoms with Crippen LogP contribution in [0.15, 0.2) is 42.5 Å². The highest BCUT2D eigenvalue weighted by Crippen LogP contribution is 2.21. The van der Waals surface area contributed by atoms with Crippen LogP contribution in [0.2, 0.25) is 10.0 Å². The summed E-state index contributed by atoms with van der Waals surface area (Å²) < 4.78 is 10.1. The van der Waals surface area contributed by atoms with E-state index in [1.54, 1.807) is 30.3 Å². The lowest BCUT2D eigenvalue weighted by Gasteiger charge is -2.08. The first-order chi connectivity index (χ1) is 11.5. The van der Waals surface area contributed by atoms with Crippen LogP contribution < -0.4 is 4.74 Å². The van der Waals surface area contributed by atoms with Gasteiger partial charge in [-0.25, -0.2) is 4.79 Å². The van der Waals surface area contributed by atoms with E-state index in [0.29, 0.717) is 10.6 Å². The molecule has 0 radical (unpaired) electrons. The van der Waals surface area contributed by atoms with Crippen molar-refractivity contribution in [1.29, 1.82) is 5.26 Å². The van der Waals surface area contributed by atoms with Gasteiger partial charge >= 0.3 is 5.97 Å². The number of nitriles is 1. The molecule has 0 heterocycles. The number of Topliss-reactive ketones (excluding diaryl/α,β-unsaturated/α-hetero) is 1. The molecule has 0 aliphatic heterocycles. The number of benzene rings is 2. The minimum atomic E-state index is -0.741. The molecule has 2 aromatic rings. The van der Waals surface area contributed by atoms with Gasteiger partial charge in [-0.2, -0.15) is 5.26 Å². The standard InChI is InChI=1S/C17H11Cl2NO4/c18-12-5-6-14(19)13(7-12)15(21)9-24-17(22)10-23-16-4-2-1-3-11(16)8-20/h1-7H,9-10H2. The van der Waals surface area contributed by atoms with Crippen molar-refractivity contribution >= 4 is 35.0 Å². The molecule has 0 saturated carbocycles. The van der Waals surface area contributed by atoms with Gasteiger partial charge in [0.1, 0.15) is 11.8 Å². The van der Waals surface area contributed by atoms with Gasteiger partial charge in [0.05, 0.1) is 10.6 Å². The molecule has 24 heavy (non-hydrogen) atoms. The van der Waals surface area contributed by atoms with Gasteiger partial charge in [0.2, 0.25) is 5.78 Å². The first-order valence-electron chi connectivity index (χ1n) is 6.77. The number of carbonyl (C=O) groups is 2. The van der Waals surface area contributed by atoms with E-state index in [-0.39, 0.29) is 16.3 Å². The second kappa shape index (κ2) is 8.34. The van der Waals surface area contributed by atoms with Gasteiger partial charge in [0.15, 0.2) is 13.2 Å². The highest BCUT2D eigenvalue weighted by Gasteiger charge is 2.14. The summed E-state index contributed by atoms with van der Waals surface area (Å²) in [5.74, 6) is -0.955. The summed E-state index contributed by atoms with van der Waals surface area (Å²) in [5, 5.41) is 9.49. The zero-order valence-corrected chi connectivity index (χ0v) is 13.8. The van der Waals surface area contributed by atoms with Gasteiger partial charge in [-0.15, -0.1) is 0 Å². The molecule has 7 heteroatoms. The highest BCUT2D eigenvalue weighted by molar-refractivity contribution is 6.36. The summed E-state index contributed by atoms with van der Waals surface area (Å²) in [5.41, 5.74) is 0.472. The number of hydrogen-bond acceptors (Lipinski definition) is 5. The molecule has 0 bridgehead atoms. The maximum absolute atomic E-state index is 12.0. The van der Waals surface area contributed by atoms with Crippen molar-refractivity contribution in [2.75, 3.05) is 13.2 Å². The Morgan fingerprint density at radius 3 is 2.58 bits per heavy atom. The Hall–Kier alpha value is -2.55. The van der Waals surface area contributed by atoms with Gasteiger partial charge in [0, 0.05) is 10.6 Å². The highest BCUT2D eigenvalue weighted by atomic mass is 35.5. The van der Waals surface area contributed by atoms with Crippen LogP contribution in [0.3, 0.4) is 0 Å². The lowest BCUT2D eigenvalue weighted by atomic mass is 10.1. The van der Waals surface area contributed by atoms with Gasteiger partial charge in [0.25, 0.3) is 0 Å². The zero-order valence-electron chi connectivity index (χ0n) is 12.3. The van der Waals surface area contributed by atoms with Crippen LogP contribution in [0.25, 0.3) is 0 Å².